The van der Waals surface area contributed by atoms with E-state index in [0.29, 0.717) is 29.2 Å². The van der Waals surface area contributed by atoms with Crippen LogP contribution in [0.3, 0.4) is 0 Å². The molecule has 0 atom stereocenters. The van der Waals surface area contributed by atoms with E-state index < -0.39 is 0 Å². The molecule has 1 aromatic heterocycles. The summed E-state index contributed by atoms with van der Waals surface area (Å²) in [4.78, 5) is 41.9. The fraction of sp³-hybridized carbons (Fsp3) is 0.263. The highest BCUT2D eigenvalue weighted by Gasteiger charge is 2.27. The average molecular weight is 368 g/mol. The molecule has 0 saturated carbocycles. The van der Waals surface area contributed by atoms with Crippen LogP contribution in [0.25, 0.3) is 0 Å². The number of nitrogens with one attached hydrogen (secondary N) is 2. The summed E-state index contributed by atoms with van der Waals surface area (Å²) in [6.45, 7) is 2.27. The van der Waals surface area contributed by atoms with E-state index in [9.17, 15) is 14.4 Å². The van der Waals surface area contributed by atoms with Crippen molar-refractivity contribution >= 4 is 29.1 Å². The molecule has 1 aromatic carbocycles. The molecule has 140 valence electrons. The van der Waals surface area contributed by atoms with Crippen molar-refractivity contribution in [1.29, 1.82) is 0 Å². The summed E-state index contributed by atoms with van der Waals surface area (Å²) < 4.78 is 5.43. The summed E-state index contributed by atoms with van der Waals surface area (Å²) in [6.07, 6.45) is 3.88. The maximum Gasteiger partial charge on any atom is 0.265 e. The number of amides is 3. The molecule has 3 amide bonds. The predicted octanol–water partition coefficient (Wildman–Crippen LogP) is 1.59. The molecule has 2 heterocycles. The lowest BCUT2D eigenvalue weighted by Crippen LogP contribution is -2.45. The van der Waals surface area contributed by atoms with Crippen LogP contribution in [0.5, 0.6) is 5.75 Å². The zero-order valence-corrected chi connectivity index (χ0v) is 14.9. The molecule has 8 heteroatoms. The van der Waals surface area contributed by atoms with Gasteiger partial charge >= 0.3 is 0 Å². The van der Waals surface area contributed by atoms with Crippen molar-refractivity contribution in [3.8, 4) is 5.75 Å². The first-order valence-corrected chi connectivity index (χ1v) is 8.63. The molecule has 0 saturated heterocycles. The number of aromatic nitrogens is 1. The summed E-state index contributed by atoms with van der Waals surface area (Å²) >= 11 is 0. The number of carbonyl (C=O) groups excluding carboxylic acids is 3. The van der Waals surface area contributed by atoms with Crippen molar-refractivity contribution < 1.29 is 19.1 Å². The highest BCUT2D eigenvalue weighted by atomic mass is 16.5. The maximum atomic E-state index is 12.3. The molecule has 27 heavy (non-hydrogen) atoms. The molecule has 1 aliphatic rings. The maximum absolute atomic E-state index is 12.3. The quantitative estimate of drug-likeness (QED) is 0.806. The van der Waals surface area contributed by atoms with Gasteiger partial charge in [-0.2, -0.15) is 0 Å². The van der Waals surface area contributed by atoms with E-state index in [2.05, 4.69) is 15.6 Å². The number of hydrogen-bond acceptors (Lipinski definition) is 5. The van der Waals surface area contributed by atoms with Crippen LogP contribution in [-0.2, 0) is 9.59 Å². The lowest BCUT2D eigenvalue weighted by molar-refractivity contribution is -0.125. The summed E-state index contributed by atoms with van der Waals surface area (Å²) in [5, 5.41) is 5.52. The minimum atomic E-state index is -0.313. The van der Waals surface area contributed by atoms with Crippen LogP contribution < -0.4 is 20.3 Å². The second kappa shape index (κ2) is 8.31. The molecule has 0 aliphatic carbocycles. The Kier molecular flexibility index (Phi) is 5.65. The van der Waals surface area contributed by atoms with Crippen molar-refractivity contribution in [3.63, 3.8) is 0 Å². The minimum Gasteiger partial charge on any atom is -0.482 e. The fourth-order valence-electron chi connectivity index (χ4n) is 2.62. The number of ether oxygens (including phenoxy) is 1. The minimum absolute atomic E-state index is 0.100. The van der Waals surface area contributed by atoms with E-state index in [0.717, 1.165) is 6.42 Å². The van der Waals surface area contributed by atoms with Crippen molar-refractivity contribution in [3.05, 3.63) is 48.3 Å². The largest absolute Gasteiger partial charge is 0.482 e. The third kappa shape index (κ3) is 4.41. The monoisotopic (exact) mass is 368 g/mol. The molecule has 8 nitrogen and oxygen atoms in total. The average Bonchev–Trinajstić information content (AvgIpc) is 2.69. The highest BCUT2D eigenvalue weighted by molar-refractivity contribution is 6.06. The summed E-state index contributed by atoms with van der Waals surface area (Å²) in [7, 11) is 0. The van der Waals surface area contributed by atoms with Gasteiger partial charge in [-0.3, -0.25) is 24.3 Å². The molecule has 1 aliphatic heterocycles. The van der Waals surface area contributed by atoms with Gasteiger partial charge in [-0.25, -0.2) is 0 Å². The van der Waals surface area contributed by atoms with Crippen LogP contribution in [-0.4, -0.2) is 42.4 Å². The second-order valence-corrected chi connectivity index (χ2v) is 5.99. The van der Waals surface area contributed by atoms with E-state index >= 15 is 0 Å². The molecule has 0 bridgehead atoms. The van der Waals surface area contributed by atoms with Gasteiger partial charge in [0.05, 0.1) is 5.69 Å². The lowest BCUT2D eigenvalue weighted by Gasteiger charge is -2.29. The molecule has 0 spiro atoms. The van der Waals surface area contributed by atoms with Gasteiger partial charge in [0, 0.05) is 30.2 Å². The first-order valence-electron chi connectivity index (χ1n) is 8.63. The Morgan fingerprint density at radius 2 is 2.00 bits per heavy atom. The number of anilines is 2. The predicted molar refractivity (Wildman–Crippen MR) is 99.8 cm³/mol. The molecule has 0 radical (unpaired) electrons. The van der Waals surface area contributed by atoms with Crippen LogP contribution in [0.2, 0.25) is 0 Å². The van der Waals surface area contributed by atoms with Crippen molar-refractivity contribution in [2.75, 3.05) is 29.9 Å². The summed E-state index contributed by atoms with van der Waals surface area (Å²) in [5.41, 5.74) is 1.41. The molecule has 2 N–H and O–H groups in total. The van der Waals surface area contributed by atoms with Gasteiger partial charge in [0.15, 0.2) is 6.61 Å². The summed E-state index contributed by atoms with van der Waals surface area (Å²) in [6, 6.07) is 8.18. The second-order valence-electron chi connectivity index (χ2n) is 5.99. The number of rotatable bonds is 6. The molecule has 0 unspecified atom stereocenters. The Morgan fingerprint density at radius 3 is 2.74 bits per heavy atom. The van der Waals surface area contributed by atoms with Gasteiger partial charge in [-0.1, -0.05) is 6.92 Å². The van der Waals surface area contributed by atoms with Crippen molar-refractivity contribution in [2.45, 2.75) is 13.3 Å². The first kappa shape index (κ1) is 18.4. The number of fused-ring (bicyclic) bond motifs is 1. The number of hydrogen-bond donors (Lipinski definition) is 2. The number of pyridine rings is 1. The normalized spacial score (nSPS) is 12.8. The molecular formula is C19H20N4O4. The molecule has 2 aromatic rings. The lowest BCUT2D eigenvalue weighted by atomic mass is 10.2. The molecule has 3 rings (SSSR count). The molecule has 0 fully saturated rings. The van der Waals surface area contributed by atoms with Crippen molar-refractivity contribution in [2.24, 2.45) is 0 Å². The van der Waals surface area contributed by atoms with E-state index in [4.69, 9.17) is 4.74 Å². The zero-order chi connectivity index (χ0) is 19.2. The Balaban J connectivity index is 1.79. The van der Waals surface area contributed by atoms with Crippen LogP contribution in [0.1, 0.15) is 23.7 Å². The van der Waals surface area contributed by atoms with Gasteiger partial charge in [0.1, 0.15) is 12.3 Å². The van der Waals surface area contributed by atoms with E-state index in [1.165, 1.54) is 17.3 Å². The smallest absolute Gasteiger partial charge is 0.265 e. The highest BCUT2D eigenvalue weighted by Crippen LogP contribution is 2.34. The third-order valence-corrected chi connectivity index (χ3v) is 3.98. The fourth-order valence-corrected chi connectivity index (χ4v) is 2.62. The number of carbonyl (C=O) groups is 3. The SMILES string of the molecule is CCCNC(=O)CN1C(=O)COc2ccc(NC(=O)c3ccncc3)cc21. The number of benzene rings is 1. The Morgan fingerprint density at radius 1 is 1.22 bits per heavy atom. The van der Waals surface area contributed by atoms with Gasteiger partial charge in [-0.05, 0) is 36.8 Å². The van der Waals surface area contributed by atoms with Gasteiger partial charge in [0.2, 0.25) is 5.91 Å². The third-order valence-electron chi connectivity index (χ3n) is 3.98. The summed E-state index contributed by atoms with van der Waals surface area (Å²) in [5.74, 6) is -0.372. The van der Waals surface area contributed by atoms with Gasteiger partial charge in [0.25, 0.3) is 11.8 Å². The van der Waals surface area contributed by atoms with Crippen LogP contribution in [0.4, 0.5) is 11.4 Å². The Bertz CT molecular complexity index is 854. The topological polar surface area (TPSA) is 101 Å². The van der Waals surface area contributed by atoms with E-state index in [-0.39, 0.29) is 30.9 Å². The standard InChI is InChI=1S/C19H20N4O4/c1-2-7-21-17(24)11-23-15-10-14(3-4-16(15)27-12-18(23)25)22-19(26)13-5-8-20-9-6-13/h3-6,8-10H,2,7,11-12H2,1H3,(H,21,24)(H,22,26). The molecular weight excluding hydrogens is 348 g/mol. The van der Waals surface area contributed by atoms with Crippen molar-refractivity contribution in [1.82, 2.24) is 10.3 Å². The van der Waals surface area contributed by atoms with Crippen LogP contribution in [0.15, 0.2) is 42.7 Å². The van der Waals surface area contributed by atoms with Crippen LogP contribution in [0, 0.1) is 0 Å². The van der Waals surface area contributed by atoms with E-state index in [1.807, 2.05) is 6.92 Å². The van der Waals surface area contributed by atoms with Crippen LogP contribution >= 0.6 is 0 Å². The van der Waals surface area contributed by atoms with E-state index in [1.54, 1.807) is 30.3 Å². The first-order chi connectivity index (χ1) is 13.1. The Labute approximate surface area is 156 Å². The number of nitrogens with zero attached hydrogens (tertiary/aromatic N) is 2. The zero-order valence-electron chi connectivity index (χ0n) is 14.9. The Hall–Kier alpha value is -3.42. The van der Waals surface area contributed by atoms with Gasteiger partial charge < -0.3 is 15.4 Å². The van der Waals surface area contributed by atoms with Gasteiger partial charge in [-0.15, -0.1) is 0 Å².